The van der Waals surface area contributed by atoms with Gasteiger partial charge in [0.05, 0.1) is 0 Å². The fraction of sp³-hybridized carbons (Fsp3) is 0.370. The molecule has 1 fully saturated rings. The van der Waals surface area contributed by atoms with Gasteiger partial charge in [-0.15, -0.1) is 6.58 Å². The number of carbonyl (C=O) groups excluding carboxylic acids is 2. The highest BCUT2D eigenvalue weighted by Crippen LogP contribution is 2.44. The summed E-state index contributed by atoms with van der Waals surface area (Å²) in [7, 11) is 0. The van der Waals surface area contributed by atoms with Crippen LogP contribution in [-0.2, 0) is 14.3 Å². The highest BCUT2D eigenvalue weighted by atomic mass is 16.5. The summed E-state index contributed by atoms with van der Waals surface area (Å²) in [6.07, 6.45) is 4.09. The first-order valence-corrected chi connectivity index (χ1v) is 11.7. The monoisotopic (exact) mass is 462 g/mol. The van der Waals surface area contributed by atoms with Crippen LogP contribution in [0.3, 0.4) is 0 Å². The van der Waals surface area contributed by atoms with Gasteiger partial charge in [-0.2, -0.15) is 0 Å². The Balaban J connectivity index is 1.39. The summed E-state index contributed by atoms with van der Waals surface area (Å²) >= 11 is 0. The number of carboxylic acid groups (broad SMARTS) is 1. The van der Waals surface area contributed by atoms with Crippen LogP contribution in [0.25, 0.3) is 11.1 Å². The molecule has 0 radical (unpaired) electrons. The van der Waals surface area contributed by atoms with Crippen molar-refractivity contribution in [2.75, 3.05) is 6.61 Å². The van der Waals surface area contributed by atoms with Gasteiger partial charge in [0.2, 0.25) is 5.91 Å². The summed E-state index contributed by atoms with van der Waals surface area (Å²) in [4.78, 5) is 37.0. The normalized spacial score (nSPS) is 16.0. The maximum Gasteiger partial charge on any atom is 0.407 e. The summed E-state index contributed by atoms with van der Waals surface area (Å²) < 4.78 is 5.58. The second-order valence-corrected chi connectivity index (χ2v) is 8.97. The lowest BCUT2D eigenvalue weighted by molar-refractivity contribution is -0.142. The van der Waals surface area contributed by atoms with Crippen molar-refractivity contribution < 1.29 is 24.2 Å². The largest absolute Gasteiger partial charge is 0.480 e. The molecule has 2 aromatic rings. The van der Waals surface area contributed by atoms with Crippen LogP contribution in [0.1, 0.15) is 49.1 Å². The van der Waals surface area contributed by atoms with E-state index in [2.05, 4.69) is 29.3 Å². The number of allylic oxidation sites excluding steroid dienone is 1. The molecular formula is C27H30N2O5. The number of fused-ring (bicyclic) bond motifs is 3. The van der Waals surface area contributed by atoms with Gasteiger partial charge in [-0.3, -0.25) is 4.79 Å². The predicted molar refractivity (Wildman–Crippen MR) is 128 cm³/mol. The molecule has 2 aliphatic carbocycles. The van der Waals surface area contributed by atoms with E-state index in [-0.39, 0.29) is 18.9 Å². The van der Waals surface area contributed by atoms with Gasteiger partial charge in [0.15, 0.2) is 0 Å². The zero-order chi connectivity index (χ0) is 24.1. The highest BCUT2D eigenvalue weighted by molar-refractivity contribution is 5.89. The molecule has 34 heavy (non-hydrogen) atoms. The van der Waals surface area contributed by atoms with Crippen molar-refractivity contribution in [1.82, 2.24) is 10.6 Å². The Bertz CT molecular complexity index is 1030. The molecule has 2 unspecified atom stereocenters. The molecule has 0 aliphatic heterocycles. The summed E-state index contributed by atoms with van der Waals surface area (Å²) in [5.41, 5.74) is 4.49. The Morgan fingerprint density at radius 2 is 1.62 bits per heavy atom. The number of hydrogen-bond donors (Lipinski definition) is 3. The van der Waals surface area contributed by atoms with E-state index in [1.807, 2.05) is 36.4 Å². The van der Waals surface area contributed by atoms with Crippen molar-refractivity contribution in [3.63, 3.8) is 0 Å². The first-order chi connectivity index (χ1) is 16.5. The summed E-state index contributed by atoms with van der Waals surface area (Å²) in [5, 5.41) is 14.6. The van der Waals surface area contributed by atoms with Crippen LogP contribution in [0.2, 0.25) is 0 Å². The van der Waals surface area contributed by atoms with Crippen LogP contribution in [0.5, 0.6) is 0 Å². The second kappa shape index (κ2) is 10.5. The van der Waals surface area contributed by atoms with Gasteiger partial charge >= 0.3 is 12.1 Å². The van der Waals surface area contributed by atoms with E-state index in [0.717, 1.165) is 35.1 Å². The number of benzene rings is 2. The van der Waals surface area contributed by atoms with Crippen LogP contribution in [-0.4, -0.2) is 41.8 Å². The van der Waals surface area contributed by atoms with Crippen molar-refractivity contribution in [2.45, 2.75) is 50.1 Å². The third-order valence-electron chi connectivity index (χ3n) is 6.49. The summed E-state index contributed by atoms with van der Waals surface area (Å²) in [6, 6.07) is 14.3. The molecule has 0 spiro atoms. The van der Waals surface area contributed by atoms with Crippen LogP contribution in [0.15, 0.2) is 61.2 Å². The quantitative estimate of drug-likeness (QED) is 0.434. The Morgan fingerprint density at radius 1 is 1.00 bits per heavy atom. The van der Waals surface area contributed by atoms with Gasteiger partial charge in [0.25, 0.3) is 0 Å². The van der Waals surface area contributed by atoms with E-state index in [1.165, 1.54) is 0 Å². The molecule has 3 N–H and O–H groups in total. The Labute approximate surface area is 199 Å². The standard InChI is InChI=1S/C27H30N2O5/c1-2-3-12-23(26(31)32)28-25(30)24(15-17-13-14-17)29-27(33)34-16-22-20-10-6-4-8-18(20)19-9-5-7-11-21(19)22/h2,4-11,17,22-24H,1,3,12-16H2,(H,28,30)(H,29,33)(H,31,32). The lowest BCUT2D eigenvalue weighted by Gasteiger charge is -2.22. The zero-order valence-electron chi connectivity index (χ0n) is 19.0. The summed E-state index contributed by atoms with van der Waals surface area (Å²) in [5.74, 6) is -1.34. The third kappa shape index (κ3) is 5.47. The zero-order valence-corrected chi connectivity index (χ0v) is 19.0. The van der Waals surface area contributed by atoms with Gasteiger partial charge in [0, 0.05) is 5.92 Å². The molecule has 0 heterocycles. The molecule has 0 saturated heterocycles. The Hall–Kier alpha value is -3.61. The van der Waals surface area contributed by atoms with Gasteiger partial charge in [0.1, 0.15) is 18.7 Å². The van der Waals surface area contributed by atoms with Crippen LogP contribution in [0, 0.1) is 5.92 Å². The van der Waals surface area contributed by atoms with E-state index in [1.54, 1.807) is 6.08 Å². The highest BCUT2D eigenvalue weighted by Gasteiger charge is 2.33. The Morgan fingerprint density at radius 3 is 2.18 bits per heavy atom. The smallest absolute Gasteiger partial charge is 0.407 e. The fourth-order valence-corrected chi connectivity index (χ4v) is 4.51. The molecule has 2 aromatic carbocycles. The maximum atomic E-state index is 12.8. The number of nitrogens with one attached hydrogen (secondary N) is 2. The molecule has 7 heteroatoms. The van der Waals surface area contributed by atoms with Crippen molar-refractivity contribution in [2.24, 2.45) is 5.92 Å². The molecule has 0 bridgehead atoms. The minimum absolute atomic E-state index is 0.0795. The van der Waals surface area contributed by atoms with Gasteiger partial charge in [-0.25, -0.2) is 9.59 Å². The van der Waals surface area contributed by atoms with E-state index < -0.39 is 30.1 Å². The number of carbonyl (C=O) groups is 3. The minimum atomic E-state index is -1.11. The second-order valence-electron chi connectivity index (χ2n) is 8.97. The minimum Gasteiger partial charge on any atom is -0.480 e. The molecule has 0 aromatic heterocycles. The van der Waals surface area contributed by atoms with Crippen molar-refractivity contribution >= 4 is 18.0 Å². The molecular weight excluding hydrogens is 432 g/mol. The third-order valence-corrected chi connectivity index (χ3v) is 6.49. The number of alkyl carbamates (subject to hydrolysis) is 1. The molecule has 7 nitrogen and oxygen atoms in total. The number of carboxylic acids is 1. The van der Waals surface area contributed by atoms with Crippen molar-refractivity contribution in [3.05, 3.63) is 72.3 Å². The fourth-order valence-electron chi connectivity index (χ4n) is 4.51. The van der Waals surface area contributed by atoms with E-state index >= 15 is 0 Å². The van der Waals surface area contributed by atoms with Crippen molar-refractivity contribution in [3.8, 4) is 11.1 Å². The average Bonchev–Trinajstić information content (AvgIpc) is 3.60. The van der Waals surface area contributed by atoms with Crippen LogP contribution < -0.4 is 10.6 Å². The van der Waals surface area contributed by atoms with E-state index in [0.29, 0.717) is 18.8 Å². The Kier molecular flexibility index (Phi) is 7.30. The van der Waals surface area contributed by atoms with Gasteiger partial charge in [-0.1, -0.05) is 67.4 Å². The number of ether oxygens (including phenoxy) is 1. The molecule has 178 valence electrons. The molecule has 4 rings (SSSR count). The van der Waals surface area contributed by atoms with Gasteiger partial charge < -0.3 is 20.5 Å². The van der Waals surface area contributed by atoms with Crippen molar-refractivity contribution in [1.29, 1.82) is 0 Å². The lowest BCUT2D eigenvalue weighted by Crippen LogP contribution is -2.52. The van der Waals surface area contributed by atoms with E-state index in [4.69, 9.17) is 4.74 Å². The predicted octanol–water partition coefficient (Wildman–Crippen LogP) is 4.23. The van der Waals surface area contributed by atoms with Crippen LogP contribution >= 0.6 is 0 Å². The maximum absolute atomic E-state index is 12.8. The summed E-state index contributed by atoms with van der Waals surface area (Å²) in [6.45, 7) is 3.74. The molecule has 2 amide bonds. The molecule has 2 aliphatic rings. The lowest BCUT2D eigenvalue weighted by atomic mass is 9.98. The number of rotatable bonds is 11. The topological polar surface area (TPSA) is 105 Å². The molecule has 1 saturated carbocycles. The van der Waals surface area contributed by atoms with E-state index in [9.17, 15) is 19.5 Å². The molecule has 2 atom stereocenters. The van der Waals surface area contributed by atoms with Gasteiger partial charge in [-0.05, 0) is 47.4 Å². The SMILES string of the molecule is C=CCCC(NC(=O)C(CC1CC1)NC(=O)OCC1c2ccccc2-c2ccccc21)C(=O)O. The average molecular weight is 463 g/mol. The number of aliphatic carboxylic acids is 1. The first kappa shape index (κ1) is 23.5. The first-order valence-electron chi connectivity index (χ1n) is 11.7. The number of amides is 2. The van der Waals surface area contributed by atoms with Crippen LogP contribution in [0.4, 0.5) is 4.79 Å². The number of hydrogen-bond acceptors (Lipinski definition) is 4.